The minimum absolute atomic E-state index is 0.0509. The van der Waals surface area contributed by atoms with Gasteiger partial charge in [0.05, 0.1) is 13.3 Å². The van der Waals surface area contributed by atoms with E-state index in [1.54, 1.807) is 24.3 Å². The van der Waals surface area contributed by atoms with E-state index in [4.69, 9.17) is 4.74 Å². The number of nitrogens with one attached hydrogen (secondary N) is 1. The molecule has 0 aromatic heterocycles. The van der Waals surface area contributed by atoms with E-state index in [1.807, 2.05) is 0 Å². The Bertz CT molecular complexity index is 670. The quantitative estimate of drug-likeness (QED) is 0.695. The molecule has 0 aliphatic rings. The Kier molecular flexibility index (Phi) is 4.61. The van der Waals surface area contributed by atoms with E-state index in [0.717, 1.165) is 24.4 Å². The van der Waals surface area contributed by atoms with Crippen molar-refractivity contribution < 1.29 is 18.3 Å². The van der Waals surface area contributed by atoms with Gasteiger partial charge in [-0.3, -0.25) is 4.79 Å². The Hall–Kier alpha value is -2.76. The first-order valence-electron chi connectivity index (χ1n) is 6.02. The number of methoxy groups -OCH3 is 1. The lowest BCUT2D eigenvalue weighted by Crippen LogP contribution is -2.17. The number of ether oxygens (including phenoxy) is 1. The second-order valence-electron chi connectivity index (χ2n) is 4.09. The van der Waals surface area contributed by atoms with Gasteiger partial charge in [0.15, 0.2) is 0 Å². The molecule has 0 radical (unpaired) electrons. The number of carbonyl (C=O) groups excluding carboxylic acids is 1. The third-order valence-corrected chi connectivity index (χ3v) is 2.68. The Morgan fingerprint density at radius 2 is 1.90 bits per heavy atom. The van der Waals surface area contributed by atoms with Crippen LogP contribution in [0.25, 0.3) is 0 Å². The first-order chi connectivity index (χ1) is 10.1. The van der Waals surface area contributed by atoms with Crippen LogP contribution in [0.2, 0.25) is 0 Å². The number of amides is 1. The van der Waals surface area contributed by atoms with Crippen molar-refractivity contribution >= 4 is 12.1 Å². The van der Waals surface area contributed by atoms with Crippen LogP contribution in [0, 0.1) is 11.6 Å². The van der Waals surface area contributed by atoms with E-state index in [9.17, 15) is 13.6 Å². The van der Waals surface area contributed by atoms with Crippen LogP contribution in [0.3, 0.4) is 0 Å². The molecule has 0 saturated heterocycles. The third-order valence-electron chi connectivity index (χ3n) is 2.68. The summed E-state index contributed by atoms with van der Waals surface area (Å²) in [5.41, 5.74) is 2.55. The molecule has 2 rings (SSSR count). The maximum Gasteiger partial charge on any atom is 0.271 e. The molecule has 1 amide bonds. The SMILES string of the molecule is COc1ccc(C(=O)NN=Cc2cc(F)ccc2F)cc1. The fraction of sp³-hybridized carbons (Fsp3) is 0.0667. The summed E-state index contributed by atoms with van der Waals surface area (Å²) >= 11 is 0. The lowest BCUT2D eigenvalue weighted by atomic mass is 10.2. The second-order valence-corrected chi connectivity index (χ2v) is 4.09. The van der Waals surface area contributed by atoms with Gasteiger partial charge >= 0.3 is 0 Å². The van der Waals surface area contributed by atoms with Crippen LogP contribution in [0.15, 0.2) is 47.6 Å². The smallest absolute Gasteiger partial charge is 0.271 e. The van der Waals surface area contributed by atoms with Crippen LogP contribution in [0.1, 0.15) is 15.9 Å². The molecule has 0 unspecified atom stereocenters. The molecule has 0 atom stereocenters. The molecule has 2 aromatic rings. The highest BCUT2D eigenvalue weighted by Crippen LogP contribution is 2.11. The maximum atomic E-state index is 13.3. The van der Waals surface area contributed by atoms with Gasteiger partial charge in [-0.1, -0.05) is 0 Å². The summed E-state index contributed by atoms with van der Waals surface area (Å²) in [7, 11) is 1.52. The number of hydrogen-bond donors (Lipinski definition) is 1. The number of nitrogens with zero attached hydrogens (tertiary/aromatic N) is 1. The van der Waals surface area contributed by atoms with Crippen molar-refractivity contribution in [2.24, 2.45) is 5.10 Å². The van der Waals surface area contributed by atoms with Crippen LogP contribution in [-0.4, -0.2) is 19.2 Å². The average Bonchev–Trinajstić information content (AvgIpc) is 2.50. The van der Waals surface area contributed by atoms with E-state index in [0.29, 0.717) is 11.3 Å². The third kappa shape index (κ3) is 3.85. The van der Waals surface area contributed by atoms with Gasteiger partial charge in [0.25, 0.3) is 5.91 Å². The van der Waals surface area contributed by atoms with E-state index in [-0.39, 0.29) is 5.56 Å². The van der Waals surface area contributed by atoms with Gasteiger partial charge in [0.2, 0.25) is 0 Å². The monoisotopic (exact) mass is 290 g/mol. The Labute approximate surface area is 120 Å². The van der Waals surface area contributed by atoms with Crippen molar-refractivity contribution in [3.63, 3.8) is 0 Å². The van der Waals surface area contributed by atoms with Gasteiger partial charge in [0, 0.05) is 11.1 Å². The van der Waals surface area contributed by atoms with E-state index < -0.39 is 17.5 Å². The van der Waals surface area contributed by atoms with Gasteiger partial charge in [-0.05, 0) is 42.5 Å². The molecule has 2 aromatic carbocycles. The Morgan fingerprint density at radius 1 is 1.19 bits per heavy atom. The molecule has 0 heterocycles. The number of hydrazone groups is 1. The summed E-state index contributed by atoms with van der Waals surface area (Å²) in [5.74, 6) is -1.05. The zero-order chi connectivity index (χ0) is 15.2. The first kappa shape index (κ1) is 14.6. The molecular formula is C15H12F2N2O2. The standard InChI is InChI=1S/C15H12F2N2O2/c1-21-13-5-2-10(3-6-13)15(20)19-18-9-11-8-12(16)4-7-14(11)17/h2-9H,1H3,(H,19,20). The van der Waals surface area contributed by atoms with E-state index in [2.05, 4.69) is 10.5 Å². The molecule has 0 spiro atoms. The van der Waals surface area contributed by atoms with Gasteiger partial charge in [-0.25, -0.2) is 14.2 Å². The maximum absolute atomic E-state index is 13.3. The molecule has 4 nitrogen and oxygen atoms in total. The van der Waals surface area contributed by atoms with Crippen molar-refractivity contribution in [2.45, 2.75) is 0 Å². The lowest BCUT2D eigenvalue weighted by Gasteiger charge is -2.02. The fourth-order valence-electron chi connectivity index (χ4n) is 1.58. The minimum atomic E-state index is -0.626. The summed E-state index contributed by atoms with van der Waals surface area (Å²) in [6.45, 7) is 0. The fourth-order valence-corrected chi connectivity index (χ4v) is 1.58. The van der Waals surface area contributed by atoms with Gasteiger partial charge in [-0.2, -0.15) is 5.10 Å². The van der Waals surface area contributed by atoms with Gasteiger partial charge in [-0.15, -0.1) is 0 Å². The van der Waals surface area contributed by atoms with E-state index in [1.165, 1.54) is 7.11 Å². The molecule has 0 aliphatic heterocycles. The van der Waals surface area contributed by atoms with Crippen LogP contribution in [0.5, 0.6) is 5.75 Å². The zero-order valence-corrected chi connectivity index (χ0v) is 11.1. The molecular weight excluding hydrogens is 278 g/mol. The van der Waals surface area contributed by atoms with Gasteiger partial charge in [0.1, 0.15) is 17.4 Å². The lowest BCUT2D eigenvalue weighted by molar-refractivity contribution is 0.0955. The molecule has 0 fully saturated rings. The van der Waals surface area contributed by atoms with Crippen LogP contribution in [0.4, 0.5) is 8.78 Å². The zero-order valence-electron chi connectivity index (χ0n) is 11.1. The summed E-state index contributed by atoms with van der Waals surface area (Å²) in [6.07, 6.45) is 1.04. The molecule has 0 aliphatic carbocycles. The summed E-state index contributed by atoms with van der Waals surface area (Å²) in [6, 6.07) is 9.36. The van der Waals surface area contributed by atoms with Crippen LogP contribution in [-0.2, 0) is 0 Å². The second kappa shape index (κ2) is 6.60. The normalized spacial score (nSPS) is 10.6. The van der Waals surface area contributed by atoms with Crippen LogP contribution >= 0.6 is 0 Å². The highest BCUT2D eigenvalue weighted by Gasteiger charge is 2.05. The number of hydrogen-bond acceptors (Lipinski definition) is 3. The number of halogens is 2. The predicted octanol–water partition coefficient (Wildman–Crippen LogP) is 2.74. The molecule has 0 saturated carbocycles. The summed E-state index contributed by atoms with van der Waals surface area (Å²) < 4.78 is 31.2. The van der Waals surface area contributed by atoms with Crippen molar-refractivity contribution in [3.8, 4) is 5.75 Å². The number of carbonyl (C=O) groups is 1. The molecule has 1 N–H and O–H groups in total. The Morgan fingerprint density at radius 3 is 2.57 bits per heavy atom. The topological polar surface area (TPSA) is 50.7 Å². The number of benzene rings is 2. The van der Waals surface area contributed by atoms with Crippen molar-refractivity contribution in [3.05, 3.63) is 65.2 Å². The Balaban J connectivity index is 2.02. The highest BCUT2D eigenvalue weighted by molar-refractivity contribution is 5.95. The molecule has 6 heteroatoms. The predicted molar refractivity (Wildman–Crippen MR) is 74.4 cm³/mol. The van der Waals surface area contributed by atoms with Crippen molar-refractivity contribution in [2.75, 3.05) is 7.11 Å². The molecule has 0 bridgehead atoms. The summed E-state index contributed by atoms with van der Waals surface area (Å²) in [5, 5.41) is 3.60. The largest absolute Gasteiger partial charge is 0.497 e. The average molecular weight is 290 g/mol. The first-order valence-corrected chi connectivity index (χ1v) is 6.02. The van der Waals surface area contributed by atoms with Crippen LogP contribution < -0.4 is 10.2 Å². The molecule has 21 heavy (non-hydrogen) atoms. The van der Waals surface area contributed by atoms with Crippen molar-refractivity contribution in [1.29, 1.82) is 0 Å². The summed E-state index contributed by atoms with van der Waals surface area (Å²) in [4.78, 5) is 11.8. The highest BCUT2D eigenvalue weighted by atomic mass is 19.1. The minimum Gasteiger partial charge on any atom is -0.497 e. The van der Waals surface area contributed by atoms with E-state index >= 15 is 0 Å². The number of rotatable bonds is 4. The molecule has 108 valence electrons. The van der Waals surface area contributed by atoms with Crippen molar-refractivity contribution in [1.82, 2.24) is 5.43 Å². The van der Waals surface area contributed by atoms with Gasteiger partial charge < -0.3 is 4.74 Å².